The molecule has 1 fully saturated rings. The lowest BCUT2D eigenvalue weighted by molar-refractivity contribution is 0.138. The molecule has 0 bridgehead atoms. The van der Waals surface area contributed by atoms with E-state index in [4.69, 9.17) is 9.47 Å². The van der Waals surface area contributed by atoms with Crippen LogP contribution in [0, 0.1) is 13.8 Å². The monoisotopic (exact) mass is 415 g/mol. The zero-order valence-electron chi connectivity index (χ0n) is 19.7. The second-order valence-corrected chi connectivity index (χ2v) is 9.73. The average Bonchev–Trinajstić information content (AvgIpc) is 3.31. The minimum Gasteiger partial charge on any atom is -0.492 e. The molecule has 3 nitrogen and oxygen atoms in total. The van der Waals surface area contributed by atoms with Gasteiger partial charge in [-0.05, 0) is 75.9 Å². The molecule has 2 heterocycles. The van der Waals surface area contributed by atoms with E-state index in [1.54, 1.807) is 7.11 Å². The Labute approximate surface area is 186 Å². The largest absolute Gasteiger partial charge is 0.492 e. The molecule has 1 aliphatic carbocycles. The van der Waals surface area contributed by atoms with Crippen LogP contribution >= 0.6 is 0 Å². The normalized spacial score (nSPS) is 29.3. The first-order valence-corrected chi connectivity index (χ1v) is 11.3. The molecule has 4 unspecified atom stereocenters. The topological polar surface area (TPSA) is 21.7 Å². The van der Waals surface area contributed by atoms with E-state index in [0.29, 0.717) is 5.92 Å². The molecule has 2 aliphatic heterocycles. The molecule has 3 heteroatoms. The third kappa shape index (κ3) is 2.90. The molecular weight excluding hydrogens is 382 g/mol. The first-order chi connectivity index (χ1) is 14.8. The molecule has 0 radical (unpaired) electrons. The van der Waals surface area contributed by atoms with Gasteiger partial charge in [0, 0.05) is 18.4 Å². The number of hydrogen-bond donors (Lipinski definition) is 0. The van der Waals surface area contributed by atoms with Gasteiger partial charge in [-0.3, -0.25) is 0 Å². The molecule has 0 N–H and O–H groups in total. The highest BCUT2D eigenvalue weighted by molar-refractivity contribution is 5.84. The van der Waals surface area contributed by atoms with Crippen LogP contribution in [0.25, 0.3) is 5.57 Å². The summed E-state index contributed by atoms with van der Waals surface area (Å²) < 4.78 is 12.1. The number of benzene rings is 2. The summed E-state index contributed by atoms with van der Waals surface area (Å²) in [4.78, 5) is 2.64. The second kappa shape index (κ2) is 7.00. The van der Waals surface area contributed by atoms with Crippen molar-refractivity contribution in [2.75, 3.05) is 12.0 Å². The van der Waals surface area contributed by atoms with Crippen LogP contribution < -0.4 is 4.90 Å². The molecule has 5 atom stereocenters. The minimum absolute atomic E-state index is 0.0410. The van der Waals surface area contributed by atoms with Crippen molar-refractivity contribution in [1.29, 1.82) is 0 Å². The fraction of sp³-hybridized carbons (Fsp3) is 0.429. The summed E-state index contributed by atoms with van der Waals surface area (Å²) in [6.45, 7) is 13.2. The number of nitrogens with zero attached hydrogens (tertiary/aromatic N) is 1. The maximum absolute atomic E-state index is 6.64. The standard InChI is InChI=1S/C28H33NO2/c1-16-12-18(3)25-22(13-16)24-14-17(2)21-10-8-9-11-23(21)29(24)28(6)26(25)27(28)31-20(5)15-19(4)30-7/h8-15,19,24,26-27H,1-7H3/b20-15-/t19?,24?,26?,27-,28?/m1/s1. The van der Waals surface area contributed by atoms with E-state index in [9.17, 15) is 0 Å². The second-order valence-electron chi connectivity index (χ2n) is 9.73. The van der Waals surface area contributed by atoms with Gasteiger partial charge < -0.3 is 14.4 Å². The van der Waals surface area contributed by atoms with Gasteiger partial charge in [0.05, 0.1) is 29.4 Å². The molecule has 0 saturated heterocycles. The molecular formula is C28H33NO2. The zero-order valence-corrected chi connectivity index (χ0v) is 19.7. The van der Waals surface area contributed by atoms with E-state index in [2.05, 4.69) is 88.1 Å². The smallest absolute Gasteiger partial charge is 0.131 e. The summed E-state index contributed by atoms with van der Waals surface area (Å²) in [7, 11) is 1.73. The van der Waals surface area contributed by atoms with E-state index in [1.807, 2.05) is 6.92 Å². The maximum Gasteiger partial charge on any atom is 0.131 e. The van der Waals surface area contributed by atoms with Crippen LogP contribution in [0.2, 0.25) is 0 Å². The van der Waals surface area contributed by atoms with Crippen molar-refractivity contribution in [3.05, 3.63) is 82.1 Å². The Hall–Kier alpha value is -2.52. The number of aryl methyl sites for hydroxylation is 2. The Morgan fingerprint density at radius 3 is 2.65 bits per heavy atom. The van der Waals surface area contributed by atoms with Crippen LogP contribution in [0.1, 0.15) is 67.5 Å². The van der Waals surface area contributed by atoms with E-state index >= 15 is 0 Å². The number of rotatable bonds is 4. The Morgan fingerprint density at radius 2 is 1.90 bits per heavy atom. The van der Waals surface area contributed by atoms with Gasteiger partial charge in [-0.1, -0.05) is 42.0 Å². The van der Waals surface area contributed by atoms with Gasteiger partial charge in [0.15, 0.2) is 0 Å². The highest BCUT2D eigenvalue weighted by Crippen LogP contribution is 2.67. The van der Waals surface area contributed by atoms with Gasteiger partial charge in [-0.25, -0.2) is 0 Å². The third-order valence-electron chi connectivity index (χ3n) is 7.54. The van der Waals surface area contributed by atoms with Gasteiger partial charge in [0.2, 0.25) is 0 Å². The first-order valence-electron chi connectivity index (χ1n) is 11.3. The van der Waals surface area contributed by atoms with E-state index in [1.165, 1.54) is 39.1 Å². The Morgan fingerprint density at radius 1 is 1.16 bits per heavy atom. The van der Waals surface area contributed by atoms with Crippen molar-refractivity contribution < 1.29 is 9.47 Å². The van der Waals surface area contributed by atoms with Crippen molar-refractivity contribution in [3.63, 3.8) is 0 Å². The zero-order chi connectivity index (χ0) is 22.1. The van der Waals surface area contributed by atoms with Gasteiger partial charge in [0.1, 0.15) is 6.10 Å². The van der Waals surface area contributed by atoms with Crippen LogP contribution in [0.4, 0.5) is 5.69 Å². The summed E-state index contributed by atoms with van der Waals surface area (Å²) in [6, 6.07) is 13.8. The van der Waals surface area contributed by atoms with Crippen molar-refractivity contribution in [1.82, 2.24) is 0 Å². The molecule has 1 saturated carbocycles. The number of hydrogen-bond acceptors (Lipinski definition) is 3. The summed E-state index contributed by atoms with van der Waals surface area (Å²) >= 11 is 0. The fourth-order valence-electron chi connectivity index (χ4n) is 6.05. The SMILES string of the molecule is COC(C)/C=C(/C)O[C@@H]1C2c3c(C)cc(C)cc3C3C=C(C)c4ccccc4N3C21C. The number of anilines is 1. The van der Waals surface area contributed by atoms with Crippen molar-refractivity contribution in [2.45, 2.75) is 71.2 Å². The number of methoxy groups -OCH3 is 1. The van der Waals surface area contributed by atoms with Gasteiger partial charge >= 0.3 is 0 Å². The predicted octanol–water partition coefficient (Wildman–Crippen LogP) is 6.46. The summed E-state index contributed by atoms with van der Waals surface area (Å²) in [5.74, 6) is 1.29. The molecule has 2 aromatic carbocycles. The number of ether oxygens (including phenoxy) is 2. The highest BCUT2D eigenvalue weighted by Gasteiger charge is 2.72. The lowest BCUT2D eigenvalue weighted by atomic mass is 9.81. The Kier molecular flexibility index (Phi) is 4.60. The van der Waals surface area contributed by atoms with Crippen molar-refractivity contribution >= 4 is 11.3 Å². The Bertz CT molecular complexity index is 1110. The maximum atomic E-state index is 6.64. The number of fused-ring (bicyclic) bond motifs is 8. The molecule has 0 aromatic heterocycles. The van der Waals surface area contributed by atoms with Crippen molar-refractivity contribution in [2.24, 2.45) is 0 Å². The van der Waals surface area contributed by atoms with Crippen LogP contribution in [0.5, 0.6) is 0 Å². The first kappa shape index (κ1) is 20.4. The van der Waals surface area contributed by atoms with Crippen LogP contribution in [-0.2, 0) is 9.47 Å². The van der Waals surface area contributed by atoms with Gasteiger partial charge in [-0.2, -0.15) is 0 Å². The molecule has 5 rings (SSSR count). The van der Waals surface area contributed by atoms with Crippen LogP contribution in [0.15, 0.2) is 54.3 Å². The average molecular weight is 416 g/mol. The highest BCUT2D eigenvalue weighted by atomic mass is 16.5. The lowest BCUT2D eigenvalue weighted by Crippen LogP contribution is -2.45. The molecule has 0 amide bonds. The molecule has 0 spiro atoms. The van der Waals surface area contributed by atoms with Crippen molar-refractivity contribution in [3.8, 4) is 0 Å². The number of allylic oxidation sites excluding steroid dienone is 2. The Balaban J connectivity index is 1.67. The fourth-order valence-corrected chi connectivity index (χ4v) is 6.05. The molecule has 3 aliphatic rings. The third-order valence-corrected chi connectivity index (χ3v) is 7.54. The predicted molar refractivity (Wildman–Crippen MR) is 127 cm³/mol. The summed E-state index contributed by atoms with van der Waals surface area (Å²) in [6.07, 6.45) is 4.67. The van der Waals surface area contributed by atoms with Crippen LogP contribution in [-0.4, -0.2) is 24.9 Å². The molecule has 2 aromatic rings. The minimum atomic E-state index is -0.0869. The van der Waals surface area contributed by atoms with E-state index in [0.717, 1.165) is 5.76 Å². The molecule has 31 heavy (non-hydrogen) atoms. The summed E-state index contributed by atoms with van der Waals surface area (Å²) in [5, 5.41) is 0. The molecule has 162 valence electrons. The van der Waals surface area contributed by atoms with E-state index in [-0.39, 0.29) is 23.8 Å². The summed E-state index contributed by atoms with van der Waals surface area (Å²) in [5.41, 5.74) is 9.55. The number of para-hydroxylation sites is 1. The van der Waals surface area contributed by atoms with Gasteiger partial charge in [0.25, 0.3) is 0 Å². The van der Waals surface area contributed by atoms with Gasteiger partial charge in [-0.15, -0.1) is 0 Å². The quantitative estimate of drug-likeness (QED) is 0.535. The van der Waals surface area contributed by atoms with E-state index < -0.39 is 0 Å². The lowest BCUT2D eigenvalue weighted by Gasteiger charge is -2.46. The van der Waals surface area contributed by atoms with Crippen LogP contribution in [0.3, 0.4) is 0 Å².